The number of anilines is 1. The molecule has 1 N–H and O–H groups in total. The molecule has 0 bridgehead atoms. The maximum absolute atomic E-state index is 15.1. The molecule has 0 unspecified atom stereocenters. The van der Waals surface area contributed by atoms with Gasteiger partial charge in [-0.15, -0.1) is 21.5 Å². The van der Waals surface area contributed by atoms with E-state index in [1.165, 1.54) is 22.7 Å². The molecule has 1 fully saturated rings. The first-order valence-electron chi connectivity index (χ1n) is 10.7. The topological polar surface area (TPSA) is 53.9 Å². The number of nitrogens with zero attached hydrogens (tertiary/aromatic N) is 4. The molecule has 5 nitrogen and oxygen atoms in total. The van der Waals surface area contributed by atoms with Crippen LogP contribution in [0.4, 0.5) is 13.9 Å². The average molecular weight is 478 g/mol. The van der Waals surface area contributed by atoms with Gasteiger partial charge in [-0.25, -0.2) is 13.8 Å². The molecule has 1 aliphatic heterocycles. The van der Waals surface area contributed by atoms with Crippen molar-refractivity contribution in [1.29, 1.82) is 0 Å². The minimum atomic E-state index is -0.901. The van der Waals surface area contributed by atoms with Crippen LogP contribution in [0.5, 0.6) is 0 Å². The lowest BCUT2D eigenvalue weighted by Gasteiger charge is -2.48. The molecule has 2 aromatic heterocycles. The molecule has 0 atom stereocenters. The van der Waals surface area contributed by atoms with Crippen LogP contribution in [0.2, 0.25) is 0 Å². The van der Waals surface area contributed by atoms with Gasteiger partial charge in [0.15, 0.2) is 16.6 Å². The zero-order valence-corrected chi connectivity index (χ0v) is 21.1. The van der Waals surface area contributed by atoms with Crippen molar-refractivity contribution in [1.82, 2.24) is 20.5 Å². The third-order valence-electron chi connectivity index (χ3n) is 5.89. The summed E-state index contributed by atoms with van der Waals surface area (Å²) >= 11 is 2.65. The van der Waals surface area contributed by atoms with Gasteiger partial charge in [0.1, 0.15) is 0 Å². The minimum absolute atomic E-state index is 0.00754. The summed E-state index contributed by atoms with van der Waals surface area (Å²) in [5, 5.41) is 14.1. The third kappa shape index (κ3) is 4.43. The Morgan fingerprint density at radius 2 is 1.56 bits per heavy atom. The number of thiazole rings is 1. The first-order valence-corrected chi connectivity index (χ1v) is 12.3. The number of piperidine rings is 1. The fourth-order valence-corrected chi connectivity index (χ4v) is 6.67. The van der Waals surface area contributed by atoms with Gasteiger partial charge in [-0.05, 0) is 66.5 Å². The number of aryl methyl sites for hydroxylation is 2. The summed E-state index contributed by atoms with van der Waals surface area (Å²) in [5.74, 6) is -1.77. The molecule has 172 valence electrons. The van der Waals surface area contributed by atoms with Crippen LogP contribution in [0, 0.1) is 25.5 Å². The van der Waals surface area contributed by atoms with Crippen LogP contribution in [-0.4, -0.2) is 39.3 Å². The summed E-state index contributed by atoms with van der Waals surface area (Å²) < 4.78 is 30.1. The Bertz CT molecular complexity index is 1140. The first kappa shape index (κ1) is 23.2. The van der Waals surface area contributed by atoms with Crippen molar-refractivity contribution in [2.24, 2.45) is 0 Å². The number of benzene rings is 1. The summed E-state index contributed by atoms with van der Waals surface area (Å²) in [6, 6.07) is 3.46. The molecule has 0 radical (unpaired) electrons. The average Bonchev–Trinajstić information content (AvgIpc) is 3.27. The van der Waals surface area contributed by atoms with Gasteiger partial charge in [-0.3, -0.25) is 0 Å². The van der Waals surface area contributed by atoms with Crippen LogP contribution in [-0.2, 0) is 0 Å². The number of aromatic nitrogens is 3. The zero-order valence-electron chi connectivity index (χ0n) is 19.5. The predicted octanol–water partition coefficient (Wildman–Crippen LogP) is 5.97. The van der Waals surface area contributed by atoms with Gasteiger partial charge in [0.2, 0.25) is 5.13 Å². The highest BCUT2D eigenvalue weighted by Gasteiger charge is 2.40. The molecule has 0 aliphatic carbocycles. The quantitative estimate of drug-likeness (QED) is 0.502. The van der Waals surface area contributed by atoms with Crippen molar-refractivity contribution in [3.8, 4) is 21.0 Å². The van der Waals surface area contributed by atoms with E-state index in [1.54, 1.807) is 19.1 Å². The van der Waals surface area contributed by atoms with E-state index in [4.69, 9.17) is 0 Å². The van der Waals surface area contributed by atoms with E-state index in [1.807, 2.05) is 14.0 Å². The fraction of sp³-hybridized carbons (Fsp3) is 0.522. The van der Waals surface area contributed by atoms with Gasteiger partial charge in [0.05, 0.1) is 21.1 Å². The molecule has 0 spiro atoms. The summed E-state index contributed by atoms with van der Waals surface area (Å²) in [5.41, 5.74) is 1.05. The standard InChI is InChI=1S/C23H29F2N5S2/c1-12-19(31-13(2)26-12)15-8-9-16(18(25)17(15)24)20-27-28-21(32-20)30(7)14-10-22(3,4)29-23(5,6)11-14/h8-9,14,29H,10-11H2,1-7H3. The van der Waals surface area contributed by atoms with E-state index in [-0.39, 0.29) is 28.2 Å². The second-order valence-corrected chi connectivity index (χ2v) is 12.1. The van der Waals surface area contributed by atoms with Crippen LogP contribution in [0.25, 0.3) is 21.0 Å². The number of rotatable bonds is 4. The Hall–Kier alpha value is -1.97. The van der Waals surface area contributed by atoms with Crippen LogP contribution < -0.4 is 10.2 Å². The molecule has 0 saturated carbocycles. The molecule has 0 amide bonds. The van der Waals surface area contributed by atoms with Crippen molar-refractivity contribution >= 4 is 27.8 Å². The van der Waals surface area contributed by atoms with Gasteiger partial charge in [-0.2, -0.15) is 0 Å². The van der Waals surface area contributed by atoms with Crippen molar-refractivity contribution in [3.05, 3.63) is 34.5 Å². The molecule has 3 aromatic rings. The zero-order chi connectivity index (χ0) is 23.4. The van der Waals surface area contributed by atoms with Crippen LogP contribution >= 0.6 is 22.7 Å². The highest BCUT2D eigenvalue weighted by Crippen LogP contribution is 2.39. The lowest BCUT2D eigenvalue weighted by Crippen LogP contribution is -2.61. The van der Waals surface area contributed by atoms with Crippen LogP contribution in [0.1, 0.15) is 51.2 Å². The summed E-state index contributed by atoms with van der Waals surface area (Å²) in [6.07, 6.45) is 1.90. The van der Waals surface area contributed by atoms with Gasteiger partial charge >= 0.3 is 0 Å². The Labute approximate surface area is 195 Å². The molecule has 1 aromatic carbocycles. The van der Waals surface area contributed by atoms with E-state index in [9.17, 15) is 4.39 Å². The van der Waals surface area contributed by atoms with Gasteiger partial charge in [0, 0.05) is 29.7 Å². The second kappa shape index (κ2) is 8.11. The maximum atomic E-state index is 15.1. The van der Waals surface area contributed by atoms with Gasteiger partial charge < -0.3 is 10.2 Å². The lowest BCUT2D eigenvalue weighted by atomic mass is 9.79. The lowest BCUT2D eigenvalue weighted by molar-refractivity contribution is 0.161. The normalized spacial score (nSPS) is 18.2. The Morgan fingerprint density at radius 3 is 2.16 bits per heavy atom. The fourth-order valence-electron chi connectivity index (χ4n) is 4.84. The molecular formula is C23H29F2N5S2. The predicted molar refractivity (Wildman–Crippen MR) is 129 cm³/mol. The maximum Gasteiger partial charge on any atom is 0.208 e. The number of hydrogen-bond donors (Lipinski definition) is 1. The number of nitrogens with one attached hydrogen (secondary N) is 1. The third-order valence-corrected chi connectivity index (χ3v) is 8.05. The number of halogens is 2. The minimum Gasteiger partial charge on any atom is -0.347 e. The van der Waals surface area contributed by atoms with Gasteiger partial charge in [-0.1, -0.05) is 11.3 Å². The van der Waals surface area contributed by atoms with E-state index in [0.717, 1.165) is 17.8 Å². The SMILES string of the molecule is Cc1nc(C)c(-c2ccc(-c3nnc(N(C)C4CC(C)(C)NC(C)(C)C4)s3)c(F)c2F)s1. The second-order valence-electron chi connectivity index (χ2n) is 9.89. The van der Waals surface area contributed by atoms with E-state index < -0.39 is 11.6 Å². The summed E-state index contributed by atoms with van der Waals surface area (Å²) in [4.78, 5) is 7.10. The molecule has 1 saturated heterocycles. The largest absolute Gasteiger partial charge is 0.347 e. The molecule has 1 aliphatic rings. The highest BCUT2D eigenvalue weighted by molar-refractivity contribution is 7.18. The molecule has 3 heterocycles. The monoisotopic (exact) mass is 477 g/mol. The van der Waals surface area contributed by atoms with Gasteiger partial charge in [0.25, 0.3) is 0 Å². The first-order chi connectivity index (χ1) is 14.9. The molecule has 4 rings (SSSR count). The molecule has 32 heavy (non-hydrogen) atoms. The summed E-state index contributed by atoms with van der Waals surface area (Å²) in [6.45, 7) is 12.5. The molecular weight excluding hydrogens is 448 g/mol. The summed E-state index contributed by atoms with van der Waals surface area (Å²) in [7, 11) is 2.00. The highest BCUT2D eigenvalue weighted by atomic mass is 32.1. The Morgan fingerprint density at radius 1 is 0.969 bits per heavy atom. The van der Waals surface area contributed by atoms with Crippen molar-refractivity contribution in [3.63, 3.8) is 0 Å². The Balaban J connectivity index is 1.62. The Kier molecular flexibility index (Phi) is 5.88. The molecule has 9 heteroatoms. The van der Waals surface area contributed by atoms with E-state index >= 15 is 4.39 Å². The van der Waals surface area contributed by atoms with Crippen molar-refractivity contribution < 1.29 is 8.78 Å². The smallest absolute Gasteiger partial charge is 0.208 e. The van der Waals surface area contributed by atoms with Crippen LogP contribution in [0.3, 0.4) is 0 Å². The van der Waals surface area contributed by atoms with Crippen molar-refractivity contribution in [2.45, 2.75) is 71.5 Å². The van der Waals surface area contributed by atoms with E-state index in [0.29, 0.717) is 20.7 Å². The van der Waals surface area contributed by atoms with Crippen LogP contribution in [0.15, 0.2) is 12.1 Å². The van der Waals surface area contributed by atoms with E-state index in [2.05, 4.69) is 53.1 Å². The number of hydrogen-bond acceptors (Lipinski definition) is 7. The van der Waals surface area contributed by atoms with Crippen molar-refractivity contribution in [2.75, 3.05) is 11.9 Å².